The number of sulfone groups is 1. The minimum atomic E-state index is -3.13. The standard InChI is InChI=1S/C22H25NO5S/c1-3-12-28-20-9-7-18(8-10-20)22(24)23(19-11-13-29(25,26)16-19)15-17-5-4-6-21(14-17)27-2/h3-10,14,19H,1,11-13,15-16H2,2H3. The lowest BCUT2D eigenvalue weighted by molar-refractivity contribution is 0.0680. The molecule has 0 saturated carbocycles. The first-order chi connectivity index (χ1) is 13.9. The van der Waals surface area contributed by atoms with Gasteiger partial charge in [0.2, 0.25) is 0 Å². The lowest BCUT2D eigenvalue weighted by atomic mass is 10.1. The number of hydrogen-bond donors (Lipinski definition) is 0. The van der Waals surface area contributed by atoms with Gasteiger partial charge >= 0.3 is 0 Å². The van der Waals surface area contributed by atoms with Crippen molar-refractivity contribution in [2.45, 2.75) is 19.0 Å². The predicted octanol–water partition coefficient (Wildman–Crippen LogP) is 3.09. The zero-order chi connectivity index (χ0) is 20.9. The highest BCUT2D eigenvalue weighted by molar-refractivity contribution is 7.91. The van der Waals surface area contributed by atoms with Gasteiger partial charge in [0, 0.05) is 18.2 Å². The molecular formula is C22H25NO5S. The highest BCUT2D eigenvalue weighted by Gasteiger charge is 2.35. The average Bonchev–Trinajstić information content (AvgIpc) is 3.10. The number of carbonyl (C=O) groups excluding carboxylic acids is 1. The number of carbonyl (C=O) groups is 1. The Bertz CT molecular complexity index is 969. The molecular weight excluding hydrogens is 390 g/mol. The Morgan fingerprint density at radius 2 is 1.97 bits per heavy atom. The van der Waals surface area contributed by atoms with E-state index >= 15 is 0 Å². The summed E-state index contributed by atoms with van der Waals surface area (Å²) < 4.78 is 34.8. The van der Waals surface area contributed by atoms with Crippen molar-refractivity contribution in [2.24, 2.45) is 0 Å². The molecule has 29 heavy (non-hydrogen) atoms. The number of methoxy groups -OCH3 is 1. The van der Waals surface area contributed by atoms with Gasteiger partial charge in [-0.15, -0.1) is 0 Å². The molecule has 0 N–H and O–H groups in total. The largest absolute Gasteiger partial charge is 0.497 e. The fourth-order valence-electron chi connectivity index (χ4n) is 3.37. The molecule has 1 amide bonds. The maximum absolute atomic E-state index is 13.3. The third kappa shape index (κ3) is 5.38. The van der Waals surface area contributed by atoms with Gasteiger partial charge in [0.1, 0.15) is 18.1 Å². The molecule has 0 spiro atoms. The molecule has 6 nitrogen and oxygen atoms in total. The van der Waals surface area contributed by atoms with Crippen molar-refractivity contribution >= 4 is 15.7 Å². The monoisotopic (exact) mass is 415 g/mol. The molecule has 1 aliphatic rings. The molecule has 2 aromatic carbocycles. The Hall–Kier alpha value is -2.80. The van der Waals surface area contributed by atoms with Crippen LogP contribution in [0.1, 0.15) is 22.3 Å². The summed E-state index contributed by atoms with van der Waals surface area (Å²) in [4.78, 5) is 14.9. The first-order valence-corrected chi connectivity index (χ1v) is 11.2. The molecule has 154 valence electrons. The molecule has 1 saturated heterocycles. The van der Waals surface area contributed by atoms with Crippen molar-refractivity contribution in [1.82, 2.24) is 4.90 Å². The van der Waals surface area contributed by atoms with E-state index in [4.69, 9.17) is 9.47 Å². The van der Waals surface area contributed by atoms with E-state index in [1.54, 1.807) is 42.4 Å². The number of ether oxygens (including phenoxy) is 2. The normalized spacial score (nSPS) is 17.5. The number of amides is 1. The second kappa shape index (κ2) is 9.13. The van der Waals surface area contributed by atoms with Crippen molar-refractivity contribution in [2.75, 3.05) is 25.2 Å². The van der Waals surface area contributed by atoms with Crippen molar-refractivity contribution in [3.05, 3.63) is 72.3 Å². The maximum atomic E-state index is 13.3. The first-order valence-electron chi connectivity index (χ1n) is 9.40. The fraction of sp³-hybridized carbons (Fsp3) is 0.318. The van der Waals surface area contributed by atoms with Crippen LogP contribution < -0.4 is 9.47 Å². The molecule has 0 aliphatic carbocycles. The predicted molar refractivity (Wildman–Crippen MR) is 112 cm³/mol. The van der Waals surface area contributed by atoms with Crippen LogP contribution >= 0.6 is 0 Å². The van der Waals surface area contributed by atoms with Crippen LogP contribution in [0.15, 0.2) is 61.2 Å². The second-order valence-electron chi connectivity index (χ2n) is 6.97. The summed E-state index contributed by atoms with van der Waals surface area (Å²) in [6, 6.07) is 13.9. The van der Waals surface area contributed by atoms with Crippen LogP contribution in [0, 0.1) is 0 Å². The van der Waals surface area contributed by atoms with E-state index in [1.807, 2.05) is 24.3 Å². The van der Waals surface area contributed by atoms with Crippen LogP contribution in [0.2, 0.25) is 0 Å². The lowest BCUT2D eigenvalue weighted by Gasteiger charge is -2.28. The van der Waals surface area contributed by atoms with E-state index in [2.05, 4.69) is 6.58 Å². The lowest BCUT2D eigenvalue weighted by Crippen LogP contribution is -2.40. The zero-order valence-corrected chi connectivity index (χ0v) is 17.2. The number of nitrogens with zero attached hydrogens (tertiary/aromatic N) is 1. The van der Waals surface area contributed by atoms with Gasteiger partial charge in [-0.3, -0.25) is 4.79 Å². The highest BCUT2D eigenvalue weighted by atomic mass is 32.2. The Balaban J connectivity index is 1.85. The van der Waals surface area contributed by atoms with Gasteiger partial charge in [-0.25, -0.2) is 8.42 Å². The van der Waals surface area contributed by atoms with Gasteiger partial charge in [0.15, 0.2) is 9.84 Å². The van der Waals surface area contributed by atoms with E-state index in [1.165, 1.54) is 0 Å². The minimum Gasteiger partial charge on any atom is -0.497 e. The number of benzene rings is 2. The molecule has 0 aromatic heterocycles. The summed E-state index contributed by atoms with van der Waals surface area (Å²) in [5, 5.41) is 0. The molecule has 7 heteroatoms. The van der Waals surface area contributed by atoms with Crippen LogP contribution in [-0.4, -0.2) is 50.5 Å². The van der Waals surface area contributed by atoms with Crippen molar-refractivity contribution in [3.8, 4) is 11.5 Å². The van der Waals surface area contributed by atoms with Crippen LogP contribution in [0.3, 0.4) is 0 Å². The quantitative estimate of drug-likeness (QED) is 0.620. The van der Waals surface area contributed by atoms with E-state index in [-0.39, 0.29) is 23.5 Å². The number of hydrogen-bond acceptors (Lipinski definition) is 5. The van der Waals surface area contributed by atoms with Gasteiger partial charge in [0.25, 0.3) is 5.91 Å². The fourth-order valence-corrected chi connectivity index (χ4v) is 5.10. The molecule has 1 atom stereocenters. The molecule has 1 fully saturated rings. The van der Waals surface area contributed by atoms with E-state index in [0.29, 0.717) is 36.6 Å². The third-order valence-electron chi connectivity index (χ3n) is 4.87. The molecule has 1 aliphatic heterocycles. The summed E-state index contributed by atoms with van der Waals surface area (Å²) in [6.45, 7) is 4.30. The van der Waals surface area contributed by atoms with E-state index in [9.17, 15) is 13.2 Å². The summed E-state index contributed by atoms with van der Waals surface area (Å²) in [7, 11) is -1.54. The van der Waals surface area contributed by atoms with E-state index < -0.39 is 9.84 Å². The summed E-state index contributed by atoms with van der Waals surface area (Å²) in [5.41, 5.74) is 1.37. The summed E-state index contributed by atoms with van der Waals surface area (Å²) in [6.07, 6.45) is 2.09. The summed E-state index contributed by atoms with van der Waals surface area (Å²) in [5.74, 6) is 1.23. The minimum absolute atomic E-state index is 0.0107. The van der Waals surface area contributed by atoms with Crippen molar-refractivity contribution in [3.63, 3.8) is 0 Å². The van der Waals surface area contributed by atoms with Gasteiger partial charge in [-0.2, -0.15) is 0 Å². The molecule has 3 rings (SSSR count). The van der Waals surface area contributed by atoms with Gasteiger partial charge in [-0.1, -0.05) is 24.8 Å². The first kappa shape index (κ1) is 20.9. The molecule has 1 heterocycles. The van der Waals surface area contributed by atoms with E-state index in [0.717, 1.165) is 5.56 Å². The second-order valence-corrected chi connectivity index (χ2v) is 9.19. The molecule has 0 radical (unpaired) electrons. The smallest absolute Gasteiger partial charge is 0.254 e. The zero-order valence-electron chi connectivity index (χ0n) is 16.4. The highest BCUT2D eigenvalue weighted by Crippen LogP contribution is 2.24. The summed E-state index contributed by atoms with van der Waals surface area (Å²) >= 11 is 0. The maximum Gasteiger partial charge on any atom is 0.254 e. The Kier molecular flexibility index (Phi) is 6.59. The topological polar surface area (TPSA) is 72.9 Å². The van der Waals surface area contributed by atoms with Crippen LogP contribution in [0.25, 0.3) is 0 Å². The van der Waals surface area contributed by atoms with Crippen LogP contribution in [0.4, 0.5) is 0 Å². The van der Waals surface area contributed by atoms with Gasteiger partial charge < -0.3 is 14.4 Å². The average molecular weight is 416 g/mol. The third-order valence-corrected chi connectivity index (χ3v) is 6.62. The molecule has 1 unspecified atom stereocenters. The van der Waals surface area contributed by atoms with Crippen molar-refractivity contribution in [1.29, 1.82) is 0 Å². The molecule has 0 bridgehead atoms. The van der Waals surface area contributed by atoms with Crippen LogP contribution in [0.5, 0.6) is 11.5 Å². The van der Waals surface area contributed by atoms with Crippen LogP contribution in [-0.2, 0) is 16.4 Å². The van der Waals surface area contributed by atoms with Crippen molar-refractivity contribution < 1.29 is 22.7 Å². The Labute approximate surface area is 171 Å². The van der Waals surface area contributed by atoms with Gasteiger partial charge in [-0.05, 0) is 48.4 Å². The SMILES string of the molecule is C=CCOc1ccc(C(=O)N(Cc2cccc(OC)c2)C2CCS(=O)(=O)C2)cc1. The number of rotatable bonds is 8. The van der Waals surface area contributed by atoms with Gasteiger partial charge in [0.05, 0.1) is 18.6 Å². The Morgan fingerprint density at radius 3 is 2.59 bits per heavy atom. The Morgan fingerprint density at radius 1 is 1.21 bits per heavy atom. The molecule has 2 aromatic rings.